The summed E-state index contributed by atoms with van der Waals surface area (Å²) in [6, 6.07) is 8.63. The Morgan fingerprint density at radius 1 is 1.10 bits per heavy atom. The van der Waals surface area contributed by atoms with E-state index in [4.69, 9.17) is 9.47 Å². The van der Waals surface area contributed by atoms with E-state index in [0.717, 1.165) is 19.3 Å². The zero-order chi connectivity index (χ0) is 20.2. The van der Waals surface area contributed by atoms with Crippen molar-refractivity contribution in [2.45, 2.75) is 50.7 Å². The van der Waals surface area contributed by atoms with Crippen molar-refractivity contribution in [3.63, 3.8) is 0 Å². The summed E-state index contributed by atoms with van der Waals surface area (Å²) < 4.78 is 11.5. The molecule has 2 fully saturated rings. The average molecular weight is 415 g/mol. The highest BCUT2D eigenvalue weighted by atomic mass is 32.1. The number of likely N-dealkylation sites (tertiary alicyclic amines) is 1. The van der Waals surface area contributed by atoms with Crippen molar-refractivity contribution in [1.29, 1.82) is 0 Å². The number of nitrogens with zero attached hydrogens (tertiary/aromatic N) is 1. The van der Waals surface area contributed by atoms with Crippen molar-refractivity contribution in [2.75, 3.05) is 19.0 Å². The van der Waals surface area contributed by atoms with Gasteiger partial charge in [0, 0.05) is 18.3 Å². The fraction of sp³-hybridized carbons (Fsp3) is 0.455. The van der Waals surface area contributed by atoms with Gasteiger partial charge >= 0.3 is 0 Å². The molecule has 1 aromatic heterocycles. The molecule has 6 nitrogen and oxygen atoms in total. The first-order valence-corrected chi connectivity index (χ1v) is 11.0. The van der Waals surface area contributed by atoms with Crippen molar-refractivity contribution in [1.82, 2.24) is 4.90 Å². The minimum absolute atomic E-state index is 0.0716. The second-order valence-corrected chi connectivity index (χ2v) is 8.46. The van der Waals surface area contributed by atoms with Crippen LogP contribution in [0.3, 0.4) is 0 Å². The molecule has 0 unspecified atom stereocenters. The highest BCUT2D eigenvalue weighted by Gasteiger charge is 2.35. The third-order valence-corrected chi connectivity index (χ3v) is 6.43. The molecule has 0 spiro atoms. The molecule has 2 heterocycles. The van der Waals surface area contributed by atoms with Crippen LogP contribution in [0.25, 0.3) is 0 Å². The highest BCUT2D eigenvalue weighted by molar-refractivity contribution is 7.12. The lowest BCUT2D eigenvalue weighted by Crippen LogP contribution is -2.42. The molecule has 1 aliphatic heterocycles. The van der Waals surface area contributed by atoms with Gasteiger partial charge in [0.1, 0.15) is 6.04 Å². The maximum atomic E-state index is 12.9. The van der Waals surface area contributed by atoms with Crippen LogP contribution in [-0.4, -0.2) is 42.5 Å². The topological polar surface area (TPSA) is 67.9 Å². The third-order valence-electron chi connectivity index (χ3n) is 5.58. The third kappa shape index (κ3) is 4.40. The van der Waals surface area contributed by atoms with Crippen LogP contribution in [0.4, 0.5) is 5.69 Å². The van der Waals surface area contributed by atoms with E-state index in [2.05, 4.69) is 5.32 Å². The van der Waals surface area contributed by atoms with Crippen molar-refractivity contribution in [3.8, 4) is 11.5 Å². The summed E-state index contributed by atoms with van der Waals surface area (Å²) in [4.78, 5) is 28.0. The van der Waals surface area contributed by atoms with Gasteiger partial charge in [0.15, 0.2) is 11.5 Å². The van der Waals surface area contributed by atoms with Crippen LogP contribution in [0.5, 0.6) is 11.5 Å². The fourth-order valence-electron chi connectivity index (χ4n) is 4.08. The molecule has 7 heteroatoms. The van der Waals surface area contributed by atoms with E-state index in [1.807, 2.05) is 23.6 Å². The first kappa shape index (κ1) is 19.8. The minimum Gasteiger partial charge on any atom is -0.493 e. The highest BCUT2D eigenvalue weighted by Crippen LogP contribution is 2.34. The molecule has 1 aliphatic carbocycles. The van der Waals surface area contributed by atoms with Gasteiger partial charge in [-0.1, -0.05) is 6.07 Å². The second kappa shape index (κ2) is 8.86. The molecule has 1 atom stereocenters. The number of ether oxygens (including phenoxy) is 2. The van der Waals surface area contributed by atoms with Crippen LogP contribution in [-0.2, 0) is 4.79 Å². The van der Waals surface area contributed by atoms with Gasteiger partial charge in [-0.25, -0.2) is 0 Å². The fourth-order valence-corrected chi connectivity index (χ4v) is 4.76. The lowest BCUT2D eigenvalue weighted by Gasteiger charge is -2.24. The molecule has 1 N–H and O–H groups in total. The number of benzene rings is 1. The van der Waals surface area contributed by atoms with E-state index >= 15 is 0 Å². The van der Waals surface area contributed by atoms with Crippen LogP contribution in [0.15, 0.2) is 35.7 Å². The number of amides is 2. The Labute approximate surface area is 174 Å². The molecule has 154 valence electrons. The van der Waals surface area contributed by atoms with Crippen LogP contribution < -0.4 is 14.8 Å². The van der Waals surface area contributed by atoms with Gasteiger partial charge in [-0.05, 0) is 62.1 Å². The Morgan fingerprint density at radius 3 is 2.66 bits per heavy atom. The van der Waals surface area contributed by atoms with Gasteiger partial charge in [-0.2, -0.15) is 0 Å². The molecule has 2 aromatic rings. The van der Waals surface area contributed by atoms with Crippen molar-refractivity contribution >= 4 is 28.8 Å². The number of rotatable bonds is 6. The molecule has 2 amide bonds. The van der Waals surface area contributed by atoms with Gasteiger partial charge < -0.3 is 19.7 Å². The van der Waals surface area contributed by atoms with E-state index < -0.39 is 6.04 Å². The molecule has 4 rings (SSSR count). The summed E-state index contributed by atoms with van der Waals surface area (Å²) in [6.07, 6.45) is 6.14. The molecular formula is C22H26N2O4S. The van der Waals surface area contributed by atoms with Crippen molar-refractivity contribution in [3.05, 3.63) is 40.6 Å². The van der Waals surface area contributed by atoms with E-state index in [0.29, 0.717) is 35.0 Å². The lowest BCUT2D eigenvalue weighted by molar-refractivity contribution is -0.119. The van der Waals surface area contributed by atoms with Gasteiger partial charge in [0.2, 0.25) is 5.91 Å². The Bertz CT molecular complexity index is 862. The van der Waals surface area contributed by atoms with E-state index in [1.165, 1.54) is 24.2 Å². The number of carbonyl (C=O) groups excluding carboxylic acids is 2. The van der Waals surface area contributed by atoms with E-state index in [1.54, 1.807) is 24.1 Å². The van der Waals surface area contributed by atoms with E-state index in [-0.39, 0.29) is 17.9 Å². The Balaban J connectivity index is 1.46. The molecule has 1 saturated heterocycles. The molecule has 0 radical (unpaired) electrons. The molecule has 1 aromatic carbocycles. The van der Waals surface area contributed by atoms with Crippen LogP contribution in [0, 0.1) is 0 Å². The van der Waals surface area contributed by atoms with Crippen molar-refractivity contribution < 1.29 is 19.1 Å². The largest absolute Gasteiger partial charge is 0.493 e. The SMILES string of the molecule is COc1ccc(NC(=O)[C@@H]2CCCN2C(=O)c2cccs2)cc1OC1CCCC1. The van der Waals surface area contributed by atoms with Gasteiger partial charge in [0.25, 0.3) is 5.91 Å². The zero-order valence-electron chi connectivity index (χ0n) is 16.6. The monoisotopic (exact) mass is 414 g/mol. The predicted molar refractivity (Wildman–Crippen MR) is 113 cm³/mol. The summed E-state index contributed by atoms with van der Waals surface area (Å²) in [5, 5.41) is 4.84. The minimum atomic E-state index is -0.453. The number of nitrogens with one attached hydrogen (secondary N) is 1. The van der Waals surface area contributed by atoms with Crippen LogP contribution in [0.1, 0.15) is 48.2 Å². The standard InChI is InChI=1S/C22H26N2O4S/c1-27-18-11-10-15(14-19(18)28-16-6-2-3-7-16)23-21(25)17-8-4-12-24(17)22(26)20-9-5-13-29-20/h5,9-11,13-14,16-17H,2-4,6-8,12H2,1H3,(H,23,25)/t17-/m0/s1. The zero-order valence-corrected chi connectivity index (χ0v) is 17.4. The summed E-state index contributed by atoms with van der Waals surface area (Å²) >= 11 is 1.40. The smallest absolute Gasteiger partial charge is 0.264 e. The quantitative estimate of drug-likeness (QED) is 0.764. The molecular weight excluding hydrogens is 388 g/mol. The van der Waals surface area contributed by atoms with Crippen LogP contribution in [0.2, 0.25) is 0 Å². The number of anilines is 1. The van der Waals surface area contributed by atoms with Gasteiger partial charge in [0.05, 0.1) is 18.1 Å². The maximum absolute atomic E-state index is 12.9. The Hall–Kier alpha value is -2.54. The normalized spacial score (nSPS) is 19.3. The summed E-state index contributed by atoms with van der Waals surface area (Å²) in [6.45, 7) is 0.605. The first-order valence-electron chi connectivity index (χ1n) is 10.2. The first-order chi connectivity index (χ1) is 14.2. The van der Waals surface area contributed by atoms with Crippen molar-refractivity contribution in [2.24, 2.45) is 0 Å². The van der Waals surface area contributed by atoms with Crippen LogP contribution >= 0.6 is 11.3 Å². The molecule has 2 aliphatic rings. The lowest BCUT2D eigenvalue weighted by atomic mass is 10.2. The van der Waals surface area contributed by atoms with E-state index in [9.17, 15) is 9.59 Å². The number of thiophene rings is 1. The maximum Gasteiger partial charge on any atom is 0.264 e. The number of methoxy groups -OCH3 is 1. The average Bonchev–Trinajstić information content (AvgIpc) is 3.49. The molecule has 1 saturated carbocycles. The number of hydrogen-bond acceptors (Lipinski definition) is 5. The molecule has 0 bridgehead atoms. The second-order valence-electron chi connectivity index (χ2n) is 7.51. The number of hydrogen-bond donors (Lipinski definition) is 1. The number of carbonyl (C=O) groups is 2. The Kier molecular flexibility index (Phi) is 6.04. The predicted octanol–water partition coefficient (Wildman–Crippen LogP) is 4.32. The summed E-state index contributed by atoms with van der Waals surface area (Å²) in [7, 11) is 1.61. The summed E-state index contributed by atoms with van der Waals surface area (Å²) in [5.74, 6) is 1.07. The van der Waals surface area contributed by atoms with Gasteiger partial charge in [-0.15, -0.1) is 11.3 Å². The summed E-state index contributed by atoms with van der Waals surface area (Å²) in [5.41, 5.74) is 0.652. The van der Waals surface area contributed by atoms with Gasteiger partial charge in [-0.3, -0.25) is 9.59 Å². The molecule has 29 heavy (non-hydrogen) atoms. The Morgan fingerprint density at radius 2 is 1.93 bits per heavy atom.